The van der Waals surface area contributed by atoms with Gasteiger partial charge in [0.1, 0.15) is 22.3 Å². The summed E-state index contributed by atoms with van der Waals surface area (Å²) in [4.78, 5) is 2.40. The fourth-order valence-electron chi connectivity index (χ4n) is 10.5. The van der Waals surface area contributed by atoms with Crippen LogP contribution in [-0.4, -0.2) is 0 Å². The van der Waals surface area contributed by atoms with Crippen molar-refractivity contribution in [2.75, 3.05) is 4.90 Å². The summed E-state index contributed by atoms with van der Waals surface area (Å²) in [5.41, 5.74) is 17.7. The molecular formula is C61H39NO2. The van der Waals surface area contributed by atoms with Gasteiger partial charge < -0.3 is 13.7 Å². The van der Waals surface area contributed by atoms with Crippen molar-refractivity contribution in [2.45, 2.75) is 5.41 Å². The molecule has 2 heterocycles. The lowest BCUT2D eigenvalue weighted by molar-refractivity contribution is 0.648. The highest BCUT2D eigenvalue weighted by Gasteiger charge is 2.48. The summed E-state index contributed by atoms with van der Waals surface area (Å²) >= 11 is 0. The van der Waals surface area contributed by atoms with Crippen LogP contribution in [0, 0.1) is 0 Å². The third-order valence-electron chi connectivity index (χ3n) is 13.4. The fourth-order valence-corrected chi connectivity index (χ4v) is 10.5. The molecule has 0 aliphatic heterocycles. The molecule has 0 saturated heterocycles. The van der Waals surface area contributed by atoms with Crippen LogP contribution < -0.4 is 4.90 Å². The third-order valence-corrected chi connectivity index (χ3v) is 13.4. The Bertz CT molecular complexity index is 3670. The Morgan fingerprint density at radius 3 is 1.44 bits per heavy atom. The Morgan fingerprint density at radius 2 is 0.781 bits per heavy atom. The highest BCUT2D eigenvalue weighted by Crippen LogP contribution is 2.58. The van der Waals surface area contributed by atoms with Crippen LogP contribution in [0.5, 0.6) is 0 Å². The van der Waals surface area contributed by atoms with E-state index in [2.05, 4.69) is 229 Å². The first-order valence-corrected chi connectivity index (χ1v) is 21.9. The van der Waals surface area contributed by atoms with Gasteiger partial charge in [0.15, 0.2) is 0 Å². The number of fused-ring (bicyclic) bond motifs is 9. The predicted octanol–water partition coefficient (Wildman–Crippen LogP) is 16.7. The highest BCUT2D eigenvalue weighted by molar-refractivity contribution is 6.11. The highest BCUT2D eigenvalue weighted by atomic mass is 16.3. The Balaban J connectivity index is 1.08. The second-order valence-electron chi connectivity index (χ2n) is 16.8. The second-order valence-corrected chi connectivity index (χ2v) is 16.8. The zero-order valence-electron chi connectivity index (χ0n) is 34.8. The lowest BCUT2D eigenvalue weighted by Gasteiger charge is -2.35. The number of rotatable bonds is 7. The molecule has 0 amide bonds. The molecule has 3 nitrogen and oxygen atoms in total. The molecule has 300 valence electrons. The van der Waals surface area contributed by atoms with Crippen LogP contribution in [0.1, 0.15) is 22.3 Å². The van der Waals surface area contributed by atoms with Gasteiger partial charge in [0, 0.05) is 49.7 Å². The van der Waals surface area contributed by atoms with Crippen LogP contribution in [0.25, 0.3) is 77.3 Å². The summed E-state index contributed by atoms with van der Waals surface area (Å²) in [7, 11) is 0. The summed E-state index contributed by atoms with van der Waals surface area (Å²) in [6, 6.07) is 85.2. The van der Waals surface area contributed by atoms with Gasteiger partial charge >= 0.3 is 0 Å². The Hall–Kier alpha value is -8.40. The van der Waals surface area contributed by atoms with Gasteiger partial charge in [0.25, 0.3) is 0 Å². The fraction of sp³-hybridized carbons (Fsp3) is 0.0164. The summed E-state index contributed by atoms with van der Waals surface area (Å²) in [6.07, 6.45) is 0. The quantitative estimate of drug-likeness (QED) is 0.160. The first-order valence-electron chi connectivity index (χ1n) is 21.9. The molecule has 0 bridgehead atoms. The monoisotopic (exact) mass is 817 g/mol. The van der Waals surface area contributed by atoms with Crippen LogP contribution in [0.3, 0.4) is 0 Å². The van der Waals surface area contributed by atoms with Gasteiger partial charge in [-0.15, -0.1) is 0 Å². The van der Waals surface area contributed by atoms with Gasteiger partial charge in [-0.2, -0.15) is 0 Å². The number of hydrogen-bond acceptors (Lipinski definition) is 3. The molecule has 0 saturated carbocycles. The zero-order chi connectivity index (χ0) is 42.2. The van der Waals surface area contributed by atoms with Gasteiger partial charge in [-0.3, -0.25) is 0 Å². The standard InChI is InChI=1S/C61H39NO2/c1-3-16-40(17-4-1)41-30-34-44(35-31-41)62(45-36-32-42(33-37-45)47-24-15-25-52-50-22-9-13-28-57(50)63-59(47)52)46-38-53-51-23-10-14-29-58(51)64-60(53)56(39-46)61(43-18-5-2-6-19-43)54-26-11-7-20-48(54)49-21-8-12-27-55(49)61/h1-39H. The van der Waals surface area contributed by atoms with Crippen LogP contribution in [0.2, 0.25) is 0 Å². The van der Waals surface area contributed by atoms with Crippen molar-refractivity contribution >= 4 is 60.9 Å². The van der Waals surface area contributed by atoms with Gasteiger partial charge in [0.2, 0.25) is 0 Å². The maximum absolute atomic E-state index is 7.08. The molecule has 3 heteroatoms. The molecule has 10 aromatic carbocycles. The number of hydrogen-bond donors (Lipinski definition) is 0. The molecule has 0 N–H and O–H groups in total. The summed E-state index contributed by atoms with van der Waals surface area (Å²) in [5, 5.41) is 4.39. The van der Waals surface area contributed by atoms with Crippen molar-refractivity contribution in [3.05, 3.63) is 259 Å². The van der Waals surface area contributed by atoms with E-state index in [1.54, 1.807) is 0 Å². The van der Waals surface area contributed by atoms with E-state index < -0.39 is 5.41 Å². The van der Waals surface area contributed by atoms with Crippen molar-refractivity contribution in [2.24, 2.45) is 0 Å². The summed E-state index contributed by atoms with van der Waals surface area (Å²) < 4.78 is 13.6. The number of anilines is 3. The van der Waals surface area contributed by atoms with E-state index >= 15 is 0 Å². The van der Waals surface area contributed by atoms with Crippen molar-refractivity contribution in [3.8, 4) is 33.4 Å². The minimum Gasteiger partial charge on any atom is -0.456 e. The number of para-hydroxylation sites is 3. The van der Waals surface area contributed by atoms with E-state index in [0.29, 0.717) is 0 Å². The molecule has 12 aromatic rings. The van der Waals surface area contributed by atoms with Crippen molar-refractivity contribution in [1.82, 2.24) is 0 Å². The van der Waals surface area contributed by atoms with Gasteiger partial charge in [-0.1, -0.05) is 188 Å². The Kier molecular flexibility index (Phi) is 8.13. The molecule has 1 aliphatic carbocycles. The molecule has 13 rings (SSSR count). The molecule has 2 aromatic heterocycles. The maximum Gasteiger partial charge on any atom is 0.143 e. The average molecular weight is 818 g/mol. The maximum atomic E-state index is 7.08. The lowest BCUT2D eigenvalue weighted by atomic mass is 9.67. The molecule has 0 spiro atoms. The second kappa shape index (κ2) is 14.3. The number of furan rings is 2. The third kappa shape index (κ3) is 5.41. The minimum atomic E-state index is -0.686. The van der Waals surface area contributed by atoms with Crippen LogP contribution in [0.4, 0.5) is 17.1 Å². The average Bonchev–Trinajstić information content (AvgIpc) is 4.04. The Morgan fingerprint density at radius 1 is 0.297 bits per heavy atom. The number of nitrogens with zero attached hydrogens (tertiary/aromatic N) is 1. The van der Waals surface area contributed by atoms with E-state index in [9.17, 15) is 0 Å². The SMILES string of the molecule is c1ccc(-c2ccc(N(c3ccc(-c4cccc5c4oc4ccccc45)cc3)c3cc(C4(c5ccccc5)c5ccccc5-c5ccccc54)c4oc5ccccc5c4c3)cc2)cc1. The van der Waals surface area contributed by atoms with E-state index in [1.165, 1.54) is 33.4 Å². The molecule has 64 heavy (non-hydrogen) atoms. The lowest BCUT2D eigenvalue weighted by Crippen LogP contribution is -2.29. The van der Waals surface area contributed by atoms with E-state index in [-0.39, 0.29) is 0 Å². The smallest absolute Gasteiger partial charge is 0.143 e. The van der Waals surface area contributed by atoms with Gasteiger partial charge in [-0.25, -0.2) is 0 Å². The molecule has 0 atom stereocenters. The largest absolute Gasteiger partial charge is 0.456 e. The first-order chi connectivity index (χ1) is 31.7. The van der Waals surface area contributed by atoms with E-state index in [0.717, 1.165) is 83.2 Å². The van der Waals surface area contributed by atoms with Crippen molar-refractivity contribution < 1.29 is 8.83 Å². The first kappa shape index (κ1) is 36.3. The zero-order valence-corrected chi connectivity index (χ0v) is 34.8. The van der Waals surface area contributed by atoms with Crippen molar-refractivity contribution in [3.63, 3.8) is 0 Å². The van der Waals surface area contributed by atoms with E-state index in [4.69, 9.17) is 8.83 Å². The van der Waals surface area contributed by atoms with Crippen LogP contribution in [0.15, 0.2) is 245 Å². The topological polar surface area (TPSA) is 29.5 Å². The minimum absolute atomic E-state index is 0.686. The summed E-state index contributed by atoms with van der Waals surface area (Å²) in [5.74, 6) is 0. The predicted molar refractivity (Wildman–Crippen MR) is 264 cm³/mol. The van der Waals surface area contributed by atoms with Crippen molar-refractivity contribution in [1.29, 1.82) is 0 Å². The summed E-state index contributed by atoms with van der Waals surface area (Å²) in [6.45, 7) is 0. The molecule has 0 fully saturated rings. The molecular weight excluding hydrogens is 779 g/mol. The van der Waals surface area contributed by atoms with Crippen LogP contribution in [-0.2, 0) is 5.41 Å². The van der Waals surface area contributed by atoms with Crippen LogP contribution >= 0.6 is 0 Å². The Labute approximate surface area is 370 Å². The van der Waals surface area contributed by atoms with Gasteiger partial charge in [-0.05, 0) is 93.0 Å². The van der Waals surface area contributed by atoms with E-state index in [1.807, 2.05) is 12.1 Å². The van der Waals surface area contributed by atoms with Gasteiger partial charge in [0.05, 0.1) is 5.41 Å². The molecule has 1 aliphatic rings. The molecule has 0 unspecified atom stereocenters. The normalized spacial score (nSPS) is 12.8. The molecule has 0 radical (unpaired) electrons. The number of benzene rings is 10.